The van der Waals surface area contributed by atoms with Gasteiger partial charge < -0.3 is 5.32 Å². The number of rotatable bonds is 2. The van der Waals surface area contributed by atoms with Crippen LogP contribution < -0.4 is 5.32 Å². The molecule has 0 bridgehead atoms. The Morgan fingerprint density at radius 3 is 2.58 bits per heavy atom. The molecule has 2 aromatic carbocycles. The SMILES string of the molecule is Fc1ccc(-c2nn(-c3ccccc3F)c3c2CNCC3)cc1F. The average molecular weight is 329 g/mol. The third kappa shape index (κ3) is 2.39. The minimum atomic E-state index is -0.925. The number of aromatic nitrogens is 2. The number of halogens is 3. The number of benzene rings is 2. The molecule has 24 heavy (non-hydrogen) atoms. The summed E-state index contributed by atoms with van der Waals surface area (Å²) in [6.07, 6.45) is 0.681. The maximum atomic E-state index is 14.2. The zero-order chi connectivity index (χ0) is 16.7. The van der Waals surface area contributed by atoms with E-state index in [4.69, 9.17) is 0 Å². The number of hydrogen-bond acceptors (Lipinski definition) is 2. The fraction of sp³-hybridized carbons (Fsp3) is 0.167. The smallest absolute Gasteiger partial charge is 0.159 e. The molecule has 0 spiro atoms. The summed E-state index contributed by atoms with van der Waals surface area (Å²) < 4.78 is 42.6. The topological polar surface area (TPSA) is 29.9 Å². The molecule has 1 N–H and O–H groups in total. The molecular weight excluding hydrogens is 315 g/mol. The van der Waals surface area contributed by atoms with Crippen LogP contribution in [0.1, 0.15) is 11.3 Å². The second-order valence-electron chi connectivity index (χ2n) is 5.69. The van der Waals surface area contributed by atoms with Gasteiger partial charge in [-0.05, 0) is 30.3 Å². The van der Waals surface area contributed by atoms with Crippen LogP contribution >= 0.6 is 0 Å². The maximum Gasteiger partial charge on any atom is 0.159 e. The highest BCUT2D eigenvalue weighted by atomic mass is 19.2. The van der Waals surface area contributed by atoms with Crippen LogP contribution in [0.25, 0.3) is 16.9 Å². The first-order valence-corrected chi connectivity index (χ1v) is 7.67. The summed E-state index contributed by atoms with van der Waals surface area (Å²) in [5.41, 5.74) is 3.14. The van der Waals surface area contributed by atoms with Gasteiger partial charge in [-0.3, -0.25) is 0 Å². The molecule has 0 atom stereocenters. The molecule has 1 aromatic heterocycles. The van der Waals surface area contributed by atoms with Crippen molar-refractivity contribution < 1.29 is 13.2 Å². The minimum absolute atomic E-state index is 0.351. The van der Waals surface area contributed by atoms with Crippen LogP contribution in [-0.2, 0) is 13.0 Å². The molecular formula is C18H14F3N3. The normalized spacial score (nSPS) is 13.8. The van der Waals surface area contributed by atoms with Gasteiger partial charge in [-0.25, -0.2) is 17.9 Å². The molecule has 6 heteroatoms. The molecule has 0 saturated carbocycles. The van der Waals surface area contributed by atoms with Gasteiger partial charge in [0.15, 0.2) is 11.6 Å². The van der Waals surface area contributed by atoms with E-state index in [1.54, 1.807) is 22.9 Å². The van der Waals surface area contributed by atoms with Gasteiger partial charge in [0, 0.05) is 30.6 Å². The lowest BCUT2D eigenvalue weighted by atomic mass is 10.0. The van der Waals surface area contributed by atoms with Crippen LogP contribution in [0.15, 0.2) is 42.5 Å². The number of hydrogen-bond donors (Lipinski definition) is 1. The van der Waals surface area contributed by atoms with Crippen LogP contribution in [0.2, 0.25) is 0 Å². The van der Waals surface area contributed by atoms with E-state index >= 15 is 0 Å². The van der Waals surface area contributed by atoms with Crippen molar-refractivity contribution in [2.24, 2.45) is 0 Å². The van der Waals surface area contributed by atoms with Gasteiger partial charge in [-0.1, -0.05) is 12.1 Å². The second kappa shape index (κ2) is 5.79. The largest absolute Gasteiger partial charge is 0.312 e. The van der Waals surface area contributed by atoms with Gasteiger partial charge in [0.05, 0.1) is 11.4 Å². The lowest BCUT2D eigenvalue weighted by Gasteiger charge is -2.16. The molecule has 3 aromatic rings. The summed E-state index contributed by atoms with van der Waals surface area (Å²) in [5.74, 6) is -2.21. The molecule has 1 aliphatic rings. The summed E-state index contributed by atoms with van der Waals surface area (Å²) in [7, 11) is 0. The summed E-state index contributed by atoms with van der Waals surface area (Å²) in [5, 5.41) is 7.75. The highest BCUT2D eigenvalue weighted by Crippen LogP contribution is 2.31. The number of nitrogens with zero attached hydrogens (tertiary/aromatic N) is 2. The van der Waals surface area contributed by atoms with Crippen molar-refractivity contribution in [1.82, 2.24) is 15.1 Å². The van der Waals surface area contributed by atoms with E-state index < -0.39 is 11.6 Å². The Bertz CT molecular complexity index is 918. The summed E-state index contributed by atoms with van der Waals surface area (Å²) >= 11 is 0. The van der Waals surface area contributed by atoms with E-state index in [1.165, 1.54) is 12.1 Å². The van der Waals surface area contributed by atoms with Crippen molar-refractivity contribution in [3.05, 3.63) is 71.2 Å². The Balaban J connectivity index is 1.93. The molecule has 2 heterocycles. The fourth-order valence-corrected chi connectivity index (χ4v) is 3.05. The molecule has 0 amide bonds. The van der Waals surface area contributed by atoms with E-state index in [-0.39, 0.29) is 5.82 Å². The van der Waals surface area contributed by atoms with Crippen molar-refractivity contribution in [2.75, 3.05) is 6.54 Å². The predicted octanol–water partition coefficient (Wildman–Crippen LogP) is 3.60. The van der Waals surface area contributed by atoms with Crippen LogP contribution in [0.5, 0.6) is 0 Å². The van der Waals surface area contributed by atoms with Gasteiger partial charge in [0.25, 0.3) is 0 Å². The number of nitrogens with one attached hydrogen (secondary N) is 1. The van der Waals surface area contributed by atoms with Gasteiger partial charge in [-0.15, -0.1) is 0 Å². The average Bonchev–Trinajstić information content (AvgIpc) is 2.97. The highest BCUT2D eigenvalue weighted by Gasteiger charge is 2.24. The van der Waals surface area contributed by atoms with Crippen molar-refractivity contribution in [2.45, 2.75) is 13.0 Å². The summed E-state index contributed by atoms with van der Waals surface area (Å²) in [4.78, 5) is 0. The van der Waals surface area contributed by atoms with Crippen LogP contribution in [0, 0.1) is 17.5 Å². The Labute approximate surface area is 136 Å². The zero-order valence-corrected chi connectivity index (χ0v) is 12.7. The lowest BCUT2D eigenvalue weighted by molar-refractivity contribution is 0.509. The van der Waals surface area contributed by atoms with E-state index in [0.29, 0.717) is 29.9 Å². The van der Waals surface area contributed by atoms with Gasteiger partial charge >= 0.3 is 0 Å². The fourth-order valence-electron chi connectivity index (χ4n) is 3.05. The second-order valence-corrected chi connectivity index (χ2v) is 5.69. The van der Waals surface area contributed by atoms with Crippen molar-refractivity contribution in [3.63, 3.8) is 0 Å². The first kappa shape index (κ1) is 15.0. The molecule has 0 saturated heterocycles. The van der Waals surface area contributed by atoms with E-state index in [2.05, 4.69) is 10.4 Å². The molecule has 0 radical (unpaired) electrons. The van der Waals surface area contributed by atoms with Gasteiger partial charge in [0.1, 0.15) is 11.5 Å². The molecule has 1 aliphatic heterocycles. The van der Waals surface area contributed by atoms with Crippen LogP contribution in [0.3, 0.4) is 0 Å². The Hall–Kier alpha value is -2.60. The van der Waals surface area contributed by atoms with Crippen molar-refractivity contribution >= 4 is 0 Å². The predicted molar refractivity (Wildman–Crippen MR) is 84.3 cm³/mol. The van der Waals surface area contributed by atoms with E-state index in [9.17, 15) is 13.2 Å². The molecule has 0 fully saturated rings. The quantitative estimate of drug-likeness (QED) is 0.778. The Morgan fingerprint density at radius 1 is 0.958 bits per heavy atom. The Kier molecular flexibility index (Phi) is 3.61. The first-order valence-electron chi connectivity index (χ1n) is 7.67. The van der Waals surface area contributed by atoms with Gasteiger partial charge in [0.2, 0.25) is 0 Å². The van der Waals surface area contributed by atoms with E-state index in [1.807, 2.05) is 0 Å². The third-order valence-corrected chi connectivity index (χ3v) is 4.20. The first-order chi connectivity index (χ1) is 11.6. The molecule has 0 aliphatic carbocycles. The molecule has 3 nitrogen and oxygen atoms in total. The lowest BCUT2D eigenvalue weighted by Crippen LogP contribution is -2.24. The van der Waals surface area contributed by atoms with Crippen molar-refractivity contribution in [3.8, 4) is 16.9 Å². The monoisotopic (exact) mass is 329 g/mol. The maximum absolute atomic E-state index is 14.2. The van der Waals surface area contributed by atoms with Crippen LogP contribution in [0.4, 0.5) is 13.2 Å². The minimum Gasteiger partial charge on any atom is -0.312 e. The van der Waals surface area contributed by atoms with Crippen LogP contribution in [-0.4, -0.2) is 16.3 Å². The molecule has 122 valence electrons. The van der Waals surface area contributed by atoms with Gasteiger partial charge in [-0.2, -0.15) is 5.10 Å². The number of fused-ring (bicyclic) bond motifs is 1. The molecule has 4 rings (SSSR count). The number of para-hydroxylation sites is 1. The van der Waals surface area contributed by atoms with Crippen molar-refractivity contribution in [1.29, 1.82) is 0 Å². The summed E-state index contributed by atoms with van der Waals surface area (Å²) in [6.45, 7) is 1.31. The standard InChI is InChI=1S/C18H14F3N3/c19-13-6-5-11(9-15(13)21)18-12-10-22-8-7-16(12)24(23-18)17-4-2-1-3-14(17)20/h1-6,9,22H,7-8,10H2. The Morgan fingerprint density at radius 2 is 1.79 bits per heavy atom. The summed E-state index contributed by atoms with van der Waals surface area (Å²) in [6, 6.07) is 10.1. The highest BCUT2D eigenvalue weighted by molar-refractivity contribution is 5.65. The molecule has 0 unspecified atom stereocenters. The third-order valence-electron chi connectivity index (χ3n) is 4.20. The van der Waals surface area contributed by atoms with E-state index in [0.717, 1.165) is 29.9 Å². The zero-order valence-electron chi connectivity index (χ0n) is 12.7.